The highest BCUT2D eigenvalue weighted by Crippen LogP contribution is 2.31. The van der Waals surface area contributed by atoms with Crippen LogP contribution in [0, 0.1) is 0 Å². The minimum absolute atomic E-state index is 0.0496. The van der Waals surface area contributed by atoms with Gasteiger partial charge in [0.1, 0.15) is 5.02 Å². The number of halogens is 5. The van der Waals surface area contributed by atoms with Gasteiger partial charge in [-0.05, 0) is 12.1 Å². The number of aromatic nitrogens is 2. The van der Waals surface area contributed by atoms with E-state index in [2.05, 4.69) is 5.10 Å². The molecule has 0 amide bonds. The number of hydrogen-bond acceptors (Lipinski definition) is 2. The van der Waals surface area contributed by atoms with Crippen LogP contribution in [0.1, 0.15) is 5.56 Å². The Morgan fingerprint density at radius 1 is 0.947 bits per heavy atom. The molecule has 0 fully saturated rings. The molecule has 2 aromatic rings. The summed E-state index contributed by atoms with van der Waals surface area (Å²) in [7, 11) is 0. The van der Waals surface area contributed by atoms with Gasteiger partial charge in [0, 0.05) is 10.6 Å². The van der Waals surface area contributed by atoms with Crippen LogP contribution in [0.4, 0.5) is 0 Å². The summed E-state index contributed by atoms with van der Waals surface area (Å²) in [6.07, 6.45) is 1.28. The Morgan fingerprint density at radius 3 is 2.26 bits per heavy atom. The van der Waals surface area contributed by atoms with Gasteiger partial charge in [0.15, 0.2) is 0 Å². The van der Waals surface area contributed by atoms with Gasteiger partial charge in [0.2, 0.25) is 0 Å². The van der Waals surface area contributed by atoms with Crippen LogP contribution in [0.15, 0.2) is 23.1 Å². The lowest BCUT2D eigenvalue weighted by atomic mass is 10.2. The summed E-state index contributed by atoms with van der Waals surface area (Å²) in [6.45, 7) is 0.0496. The molecule has 0 radical (unpaired) electrons. The van der Waals surface area contributed by atoms with Crippen LogP contribution >= 0.6 is 58.0 Å². The maximum absolute atomic E-state index is 11.9. The largest absolute Gasteiger partial charge is 0.287 e. The third-order valence-electron chi connectivity index (χ3n) is 2.39. The molecule has 19 heavy (non-hydrogen) atoms. The summed E-state index contributed by atoms with van der Waals surface area (Å²) in [5, 5.41) is 4.85. The van der Waals surface area contributed by atoms with Gasteiger partial charge in [0.25, 0.3) is 5.56 Å². The Balaban J connectivity index is 2.51. The van der Waals surface area contributed by atoms with E-state index in [1.807, 2.05) is 0 Å². The number of nitrogens with zero attached hydrogens (tertiary/aromatic N) is 2. The van der Waals surface area contributed by atoms with E-state index < -0.39 is 5.56 Å². The average Bonchev–Trinajstić information content (AvgIpc) is 2.39. The second-order valence-corrected chi connectivity index (χ2v) is 5.57. The molecule has 0 aliphatic rings. The third kappa shape index (κ3) is 3.01. The highest BCUT2D eigenvalue weighted by molar-refractivity contribution is 6.44. The van der Waals surface area contributed by atoms with Crippen molar-refractivity contribution in [1.82, 2.24) is 9.78 Å². The fourth-order valence-electron chi connectivity index (χ4n) is 1.42. The lowest BCUT2D eigenvalue weighted by Gasteiger charge is -2.10. The molecule has 1 aromatic carbocycles. The Morgan fingerprint density at radius 2 is 1.58 bits per heavy atom. The quantitative estimate of drug-likeness (QED) is 0.738. The molecule has 2 rings (SSSR count). The van der Waals surface area contributed by atoms with Crippen LogP contribution < -0.4 is 5.56 Å². The molecule has 0 saturated carbocycles. The number of benzene rings is 1. The average molecular weight is 358 g/mol. The van der Waals surface area contributed by atoms with Crippen molar-refractivity contribution >= 4 is 58.0 Å². The first-order chi connectivity index (χ1) is 8.91. The van der Waals surface area contributed by atoms with E-state index in [0.29, 0.717) is 15.6 Å². The normalized spacial score (nSPS) is 10.8. The zero-order valence-electron chi connectivity index (χ0n) is 9.13. The fraction of sp³-hybridized carbons (Fsp3) is 0.0909. The van der Waals surface area contributed by atoms with E-state index in [9.17, 15) is 4.79 Å². The van der Waals surface area contributed by atoms with Crippen LogP contribution in [0.3, 0.4) is 0 Å². The molecule has 0 aliphatic heterocycles. The molecule has 1 heterocycles. The maximum atomic E-state index is 11.9. The maximum Gasteiger partial charge on any atom is 0.287 e. The molecule has 0 saturated heterocycles. The summed E-state index contributed by atoms with van der Waals surface area (Å²) < 4.78 is 1.11. The standard InChI is InChI=1S/C11H5Cl5N2O/c12-6-1-2-7(13)9(15)5(6)4-18-11(19)10(16)8(14)3-17-18/h1-3H,4H2. The van der Waals surface area contributed by atoms with Crippen molar-refractivity contribution in [2.45, 2.75) is 6.54 Å². The molecule has 0 spiro atoms. The monoisotopic (exact) mass is 356 g/mol. The molecule has 0 unspecified atom stereocenters. The molecule has 1 aromatic heterocycles. The summed E-state index contributed by atoms with van der Waals surface area (Å²) in [5.41, 5.74) is -0.0369. The van der Waals surface area contributed by atoms with Gasteiger partial charge in [-0.15, -0.1) is 0 Å². The highest BCUT2D eigenvalue weighted by atomic mass is 35.5. The molecular formula is C11H5Cl5N2O. The van der Waals surface area contributed by atoms with Crippen LogP contribution in [0.5, 0.6) is 0 Å². The van der Waals surface area contributed by atoms with Crippen LogP contribution in [0.25, 0.3) is 0 Å². The Bertz CT molecular complexity index is 698. The molecule has 0 aliphatic carbocycles. The lowest BCUT2D eigenvalue weighted by molar-refractivity contribution is 0.639. The summed E-state index contributed by atoms with van der Waals surface area (Å²) in [4.78, 5) is 11.9. The first-order valence-electron chi connectivity index (χ1n) is 4.95. The van der Waals surface area contributed by atoms with Crippen LogP contribution in [0.2, 0.25) is 25.1 Å². The minimum atomic E-state index is -0.527. The number of rotatable bonds is 2. The number of hydrogen-bond donors (Lipinski definition) is 0. The van der Waals surface area contributed by atoms with Gasteiger partial charge >= 0.3 is 0 Å². The predicted molar refractivity (Wildman–Crippen MR) is 79.1 cm³/mol. The molecule has 0 N–H and O–H groups in total. The van der Waals surface area contributed by atoms with Gasteiger partial charge in [-0.25, -0.2) is 4.68 Å². The van der Waals surface area contributed by atoms with Gasteiger partial charge in [-0.2, -0.15) is 5.10 Å². The SMILES string of the molecule is O=c1c(Cl)c(Cl)cnn1Cc1c(Cl)ccc(Cl)c1Cl. The van der Waals surface area contributed by atoms with E-state index in [1.54, 1.807) is 12.1 Å². The fourth-order valence-corrected chi connectivity index (χ4v) is 2.36. The first kappa shape index (κ1) is 14.9. The smallest absolute Gasteiger partial charge is 0.266 e. The van der Waals surface area contributed by atoms with Crippen molar-refractivity contribution in [2.24, 2.45) is 0 Å². The minimum Gasteiger partial charge on any atom is -0.266 e. The topological polar surface area (TPSA) is 34.9 Å². The Labute approximate surface area is 133 Å². The summed E-state index contributed by atoms with van der Waals surface area (Å²) in [5.74, 6) is 0. The van der Waals surface area contributed by atoms with Crippen LogP contribution in [-0.2, 0) is 6.54 Å². The summed E-state index contributed by atoms with van der Waals surface area (Å²) >= 11 is 29.4. The lowest BCUT2D eigenvalue weighted by Crippen LogP contribution is -2.24. The van der Waals surface area contributed by atoms with Crippen molar-refractivity contribution < 1.29 is 0 Å². The van der Waals surface area contributed by atoms with E-state index in [0.717, 1.165) is 4.68 Å². The van der Waals surface area contributed by atoms with E-state index in [4.69, 9.17) is 58.0 Å². The van der Waals surface area contributed by atoms with Crippen molar-refractivity contribution in [2.75, 3.05) is 0 Å². The first-order valence-corrected chi connectivity index (χ1v) is 6.84. The van der Waals surface area contributed by atoms with Crippen molar-refractivity contribution in [3.05, 3.63) is 59.4 Å². The second-order valence-electron chi connectivity index (χ2n) is 3.59. The van der Waals surface area contributed by atoms with Crippen molar-refractivity contribution in [3.63, 3.8) is 0 Å². The highest BCUT2D eigenvalue weighted by Gasteiger charge is 2.13. The predicted octanol–water partition coefficient (Wildman–Crippen LogP) is 4.56. The molecule has 3 nitrogen and oxygen atoms in total. The zero-order chi connectivity index (χ0) is 14.2. The molecular weight excluding hydrogens is 353 g/mol. The van der Waals surface area contributed by atoms with E-state index >= 15 is 0 Å². The summed E-state index contributed by atoms with van der Waals surface area (Å²) in [6, 6.07) is 3.16. The van der Waals surface area contributed by atoms with Crippen molar-refractivity contribution in [3.8, 4) is 0 Å². The Kier molecular flexibility index (Phi) is 4.64. The van der Waals surface area contributed by atoms with Gasteiger partial charge in [-0.3, -0.25) is 4.79 Å². The zero-order valence-corrected chi connectivity index (χ0v) is 12.9. The van der Waals surface area contributed by atoms with Gasteiger partial charge in [0.05, 0.1) is 27.8 Å². The molecule has 0 bridgehead atoms. The molecule has 8 heteroatoms. The van der Waals surface area contributed by atoms with E-state index in [-0.39, 0.29) is 21.6 Å². The van der Waals surface area contributed by atoms with Gasteiger partial charge in [-0.1, -0.05) is 58.0 Å². The second kappa shape index (κ2) is 5.90. The molecule has 100 valence electrons. The molecule has 0 atom stereocenters. The van der Waals surface area contributed by atoms with Crippen LogP contribution in [-0.4, -0.2) is 9.78 Å². The Hall–Kier alpha value is -0.450. The van der Waals surface area contributed by atoms with Crippen molar-refractivity contribution in [1.29, 1.82) is 0 Å². The van der Waals surface area contributed by atoms with E-state index in [1.165, 1.54) is 6.20 Å². The van der Waals surface area contributed by atoms with Gasteiger partial charge < -0.3 is 0 Å². The third-order valence-corrected chi connectivity index (χ3v) is 4.34.